The zero-order chi connectivity index (χ0) is 13.9. The molecule has 2 aromatic rings. The number of hydrogen-bond acceptors (Lipinski definition) is 2. The van der Waals surface area contributed by atoms with Crippen LogP contribution in [0.5, 0.6) is 0 Å². The molecule has 1 heterocycles. The number of nitrogens with zero attached hydrogens (tertiary/aromatic N) is 2. The highest BCUT2D eigenvalue weighted by Crippen LogP contribution is 2.28. The number of anilines is 1. The van der Waals surface area contributed by atoms with Crippen molar-refractivity contribution in [2.45, 2.75) is 38.3 Å². The van der Waals surface area contributed by atoms with E-state index in [0.717, 1.165) is 11.8 Å². The molecule has 3 nitrogen and oxygen atoms in total. The number of halogens is 2. The molecule has 0 bridgehead atoms. The minimum absolute atomic E-state index is 0.293. The molecule has 0 unspecified atom stereocenters. The SMILES string of the molecule is Fc1ccc(NCc2ccn(C3CCCC3)n2)c(F)c1. The lowest BCUT2D eigenvalue weighted by Gasteiger charge is -2.09. The Morgan fingerprint density at radius 1 is 1.20 bits per heavy atom. The quantitative estimate of drug-likeness (QED) is 0.919. The van der Waals surface area contributed by atoms with E-state index >= 15 is 0 Å². The van der Waals surface area contributed by atoms with E-state index in [-0.39, 0.29) is 0 Å². The van der Waals surface area contributed by atoms with Crippen molar-refractivity contribution in [3.05, 3.63) is 47.8 Å². The third kappa shape index (κ3) is 2.81. The summed E-state index contributed by atoms with van der Waals surface area (Å²) in [6, 6.07) is 5.96. The van der Waals surface area contributed by atoms with E-state index in [2.05, 4.69) is 10.4 Å². The van der Waals surface area contributed by atoms with E-state index in [9.17, 15) is 8.78 Å². The van der Waals surface area contributed by atoms with Gasteiger partial charge in [-0.25, -0.2) is 8.78 Å². The molecule has 0 atom stereocenters. The van der Waals surface area contributed by atoms with Crippen LogP contribution in [-0.2, 0) is 6.54 Å². The van der Waals surface area contributed by atoms with Crippen LogP contribution in [0.2, 0.25) is 0 Å². The minimum Gasteiger partial charge on any atom is -0.377 e. The van der Waals surface area contributed by atoms with Gasteiger partial charge < -0.3 is 5.32 Å². The van der Waals surface area contributed by atoms with Gasteiger partial charge in [0.25, 0.3) is 0 Å². The third-order valence-corrected chi connectivity index (χ3v) is 3.75. The molecule has 0 amide bonds. The first-order chi connectivity index (χ1) is 9.72. The second-order valence-corrected chi connectivity index (χ2v) is 5.20. The van der Waals surface area contributed by atoms with Crippen LogP contribution in [0.3, 0.4) is 0 Å². The second kappa shape index (κ2) is 5.61. The summed E-state index contributed by atoms with van der Waals surface area (Å²) in [4.78, 5) is 0. The molecule has 1 aliphatic carbocycles. The van der Waals surface area contributed by atoms with Gasteiger partial charge in [0.15, 0.2) is 0 Å². The summed E-state index contributed by atoms with van der Waals surface area (Å²) in [5, 5.41) is 7.46. The van der Waals surface area contributed by atoms with E-state index in [1.165, 1.54) is 37.8 Å². The highest BCUT2D eigenvalue weighted by molar-refractivity contribution is 5.44. The molecule has 106 valence electrons. The lowest BCUT2D eigenvalue weighted by Crippen LogP contribution is -2.07. The molecule has 3 rings (SSSR count). The van der Waals surface area contributed by atoms with Crippen molar-refractivity contribution in [1.29, 1.82) is 0 Å². The number of rotatable bonds is 4. The maximum atomic E-state index is 13.5. The summed E-state index contributed by atoms with van der Waals surface area (Å²) in [7, 11) is 0. The van der Waals surface area contributed by atoms with Gasteiger partial charge in [-0.05, 0) is 31.0 Å². The summed E-state index contributed by atoms with van der Waals surface area (Å²) in [5.74, 6) is -1.15. The molecule has 0 spiro atoms. The maximum absolute atomic E-state index is 13.5. The van der Waals surface area contributed by atoms with Crippen molar-refractivity contribution in [2.75, 3.05) is 5.32 Å². The Balaban J connectivity index is 1.63. The van der Waals surface area contributed by atoms with Crippen LogP contribution in [0.4, 0.5) is 14.5 Å². The average molecular weight is 277 g/mol. The highest BCUT2D eigenvalue weighted by Gasteiger charge is 2.17. The van der Waals surface area contributed by atoms with Gasteiger partial charge in [0.05, 0.1) is 24.0 Å². The molecule has 0 radical (unpaired) electrons. The molecule has 1 aliphatic rings. The fraction of sp³-hybridized carbons (Fsp3) is 0.400. The standard InChI is InChI=1S/C15H17F2N3/c16-11-5-6-15(14(17)9-11)18-10-12-7-8-20(19-12)13-3-1-2-4-13/h5-9,13,18H,1-4,10H2. The molecular weight excluding hydrogens is 260 g/mol. The van der Waals surface area contributed by atoms with Gasteiger partial charge in [0, 0.05) is 12.3 Å². The van der Waals surface area contributed by atoms with Crippen molar-refractivity contribution in [1.82, 2.24) is 9.78 Å². The Hall–Kier alpha value is -1.91. The molecular formula is C15H17F2N3. The first-order valence-electron chi connectivity index (χ1n) is 6.95. The Bertz CT molecular complexity index is 589. The van der Waals surface area contributed by atoms with Gasteiger partial charge in [-0.2, -0.15) is 5.10 Å². The van der Waals surface area contributed by atoms with Crippen LogP contribution in [0.1, 0.15) is 37.4 Å². The number of benzene rings is 1. The molecule has 20 heavy (non-hydrogen) atoms. The van der Waals surface area contributed by atoms with Crippen LogP contribution >= 0.6 is 0 Å². The molecule has 1 saturated carbocycles. The smallest absolute Gasteiger partial charge is 0.149 e. The van der Waals surface area contributed by atoms with E-state index in [0.29, 0.717) is 18.3 Å². The number of aromatic nitrogens is 2. The molecule has 1 aromatic carbocycles. The summed E-state index contributed by atoms with van der Waals surface area (Å²) in [6.07, 6.45) is 6.87. The molecule has 5 heteroatoms. The summed E-state index contributed by atoms with van der Waals surface area (Å²) >= 11 is 0. The van der Waals surface area contributed by atoms with Crippen LogP contribution in [0, 0.1) is 11.6 Å². The fourth-order valence-corrected chi connectivity index (χ4v) is 2.66. The van der Waals surface area contributed by atoms with Crippen LogP contribution in [0.25, 0.3) is 0 Å². The summed E-state index contributed by atoms with van der Waals surface area (Å²) in [5.41, 5.74) is 1.16. The Morgan fingerprint density at radius 3 is 2.75 bits per heavy atom. The van der Waals surface area contributed by atoms with Crippen LogP contribution in [-0.4, -0.2) is 9.78 Å². The van der Waals surface area contributed by atoms with Gasteiger partial charge in [0.2, 0.25) is 0 Å². The minimum atomic E-state index is -0.583. The molecule has 1 fully saturated rings. The van der Waals surface area contributed by atoms with E-state index < -0.39 is 11.6 Å². The number of nitrogens with one attached hydrogen (secondary N) is 1. The third-order valence-electron chi connectivity index (χ3n) is 3.75. The van der Waals surface area contributed by atoms with Crippen molar-refractivity contribution in [3.63, 3.8) is 0 Å². The zero-order valence-electron chi connectivity index (χ0n) is 11.1. The van der Waals surface area contributed by atoms with Gasteiger partial charge in [-0.15, -0.1) is 0 Å². The summed E-state index contributed by atoms with van der Waals surface area (Å²) < 4.78 is 28.3. The number of hydrogen-bond donors (Lipinski definition) is 1. The Labute approximate surface area is 116 Å². The second-order valence-electron chi connectivity index (χ2n) is 5.20. The molecule has 0 aliphatic heterocycles. The van der Waals surface area contributed by atoms with Crippen molar-refractivity contribution in [2.24, 2.45) is 0 Å². The van der Waals surface area contributed by atoms with Crippen molar-refractivity contribution in [3.8, 4) is 0 Å². The predicted molar refractivity (Wildman–Crippen MR) is 73.4 cm³/mol. The largest absolute Gasteiger partial charge is 0.377 e. The average Bonchev–Trinajstić information content (AvgIpc) is 3.08. The lowest BCUT2D eigenvalue weighted by atomic mass is 10.3. The topological polar surface area (TPSA) is 29.9 Å². The fourth-order valence-electron chi connectivity index (χ4n) is 2.66. The van der Waals surface area contributed by atoms with Gasteiger partial charge in [0.1, 0.15) is 11.6 Å². The van der Waals surface area contributed by atoms with Crippen LogP contribution < -0.4 is 5.32 Å². The van der Waals surface area contributed by atoms with E-state index in [1.807, 2.05) is 16.9 Å². The Morgan fingerprint density at radius 2 is 2.00 bits per heavy atom. The molecule has 1 N–H and O–H groups in total. The van der Waals surface area contributed by atoms with Crippen LogP contribution in [0.15, 0.2) is 30.5 Å². The molecule has 0 saturated heterocycles. The summed E-state index contributed by atoms with van der Waals surface area (Å²) in [6.45, 7) is 0.433. The van der Waals surface area contributed by atoms with E-state index in [4.69, 9.17) is 0 Å². The zero-order valence-corrected chi connectivity index (χ0v) is 11.1. The monoisotopic (exact) mass is 277 g/mol. The van der Waals surface area contributed by atoms with Gasteiger partial charge in [-0.3, -0.25) is 4.68 Å². The predicted octanol–water partition coefficient (Wildman–Crippen LogP) is 3.89. The maximum Gasteiger partial charge on any atom is 0.149 e. The first kappa shape index (κ1) is 13.1. The first-order valence-corrected chi connectivity index (χ1v) is 6.95. The Kier molecular flexibility index (Phi) is 3.67. The lowest BCUT2D eigenvalue weighted by molar-refractivity contribution is 0.463. The van der Waals surface area contributed by atoms with E-state index in [1.54, 1.807) is 0 Å². The molecule has 1 aromatic heterocycles. The van der Waals surface area contributed by atoms with Crippen molar-refractivity contribution >= 4 is 5.69 Å². The van der Waals surface area contributed by atoms with Gasteiger partial charge in [-0.1, -0.05) is 12.8 Å². The normalized spacial score (nSPS) is 15.7. The van der Waals surface area contributed by atoms with Crippen molar-refractivity contribution < 1.29 is 8.78 Å². The highest BCUT2D eigenvalue weighted by atomic mass is 19.1. The van der Waals surface area contributed by atoms with Gasteiger partial charge >= 0.3 is 0 Å².